The van der Waals surface area contributed by atoms with Crippen LogP contribution in [0, 0.1) is 0 Å². The quantitative estimate of drug-likeness (QED) is 0.546. The normalized spacial score (nSPS) is 10.5. The van der Waals surface area contributed by atoms with Gasteiger partial charge in [0.1, 0.15) is 5.75 Å². The summed E-state index contributed by atoms with van der Waals surface area (Å²) in [7, 11) is 4.08. The topological polar surface area (TPSA) is 67.6 Å². The fraction of sp³-hybridized carbons (Fsp3) is 0.500. The third-order valence-corrected chi connectivity index (χ3v) is 2.60. The minimum Gasteiger partial charge on any atom is -0.484 e. The Labute approximate surface area is 114 Å². The molecule has 1 amide bonds. The SMILES string of the molecule is CN(C)CCCCNC(=O)COc1ccc(N)cc1. The van der Waals surface area contributed by atoms with E-state index in [1.807, 2.05) is 14.1 Å². The van der Waals surface area contributed by atoms with Gasteiger partial charge >= 0.3 is 0 Å². The molecule has 1 rings (SSSR count). The Morgan fingerprint density at radius 2 is 1.95 bits per heavy atom. The van der Waals surface area contributed by atoms with Crippen LogP contribution in [0.5, 0.6) is 5.75 Å². The van der Waals surface area contributed by atoms with E-state index >= 15 is 0 Å². The molecule has 0 spiro atoms. The molecule has 5 heteroatoms. The molecule has 1 aromatic rings. The van der Waals surface area contributed by atoms with Crippen LogP contribution in [0.15, 0.2) is 24.3 Å². The van der Waals surface area contributed by atoms with Crippen LogP contribution in [0.1, 0.15) is 12.8 Å². The van der Waals surface area contributed by atoms with Gasteiger partial charge in [0.05, 0.1) is 0 Å². The summed E-state index contributed by atoms with van der Waals surface area (Å²) in [5.74, 6) is 0.554. The van der Waals surface area contributed by atoms with E-state index in [0.717, 1.165) is 19.4 Å². The van der Waals surface area contributed by atoms with Crippen LogP contribution in [-0.2, 0) is 4.79 Å². The van der Waals surface area contributed by atoms with Crippen LogP contribution in [0.2, 0.25) is 0 Å². The van der Waals surface area contributed by atoms with Crippen LogP contribution < -0.4 is 15.8 Å². The number of unbranched alkanes of at least 4 members (excludes halogenated alkanes) is 1. The third kappa shape index (κ3) is 7.31. The predicted molar refractivity (Wildman–Crippen MR) is 77.1 cm³/mol. The number of nitrogens with one attached hydrogen (secondary N) is 1. The molecule has 0 fully saturated rings. The molecular formula is C14H23N3O2. The standard InChI is InChI=1S/C14H23N3O2/c1-17(2)10-4-3-9-16-14(18)11-19-13-7-5-12(15)6-8-13/h5-8H,3-4,9-11,15H2,1-2H3,(H,16,18). The molecule has 0 aliphatic rings. The Morgan fingerprint density at radius 1 is 1.26 bits per heavy atom. The fourth-order valence-electron chi connectivity index (χ4n) is 1.54. The summed E-state index contributed by atoms with van der Waals surface area (Å²) in [4.78, 5) is 13.6. The van der Waals surface area contributed by atoms with Crippen LogP contribution in [0.3, 0.4) is 0 Å². The molecule has 0 radical (unpaired) electrons. The van der Waals surface area contributed by atoms with Gasteiger partial charge in [-0.3, -0.25) is 4.79 Å². The van der Waals surface area contributed by atoms with Crippen molar-refractivity contribution in [1.82, 2.24) is 10.2 Å². The van der Waals surface area contributed by atoms with Gasteiger partial charge in [-0.2, -0.15) is 0 Å². The summed E-state index contributed by atoms with van der Waals surface area (Å²) in [6.07, 6.45) is 2.05. The first-order chi connectivity index (χ1) is 9.08. The molecular weight excluding hydrogens is 242 g/mol. The lowest BCUT2D eigenvalue weighted by Gasteiger charge is -2.10. The summed E-state index contributed by atoms with van der Waals surface area (Å²) in [5.41, 5.74) is 6.24. The molecule has 0 aromatic heterocycles. The number of hydrogen-bond donors (Lipinski definition) is 2. The Kier molecular flexibility index (Phi) is 6.74. The second-order valence-corrected chi connectivity index (χ2v) is 4.72. The number of nitrogens with zero attached hydrogens (tertiary/aromatic N) is 1. The van der Waals surface area contributed by atoms with E-state index in [2.05, 4.69) is 10.2 Å². The van der Waals surface area contributed by atoms with Crippen molar-refractivity contribution in [2.75, 3.05) is 39.5 Å². The molecule has 0 saturated carbocycles. The summed E-state index contributed by atoms with van der Waals surface area (Å²) in [6, 6.07) is 6.99. The lowest BCUT2D eigenvalue weighted by Crippen LogP contribution is -2.30. The van der Waals surface area contributed by atoms with Gasteiger partial charge in [0.15, 0.2) is 6.61 Å². The van der Waals surface area contributed by atoms with Gasteiger partial charge in [0, 0.05) is 12.2 Å². The van der Waals surface area contributed by atoms with Crippen molar-refractivity contribution >= 4 is 11.6 Å². The number of anilines is 1. The Hall–Kier alpha value is -1.75. The lowest BCUT2D eigenvalue weighted by molar-refractivity contribution is -0.123. The molecule has 0 saturated heterocycles. The molecule has 0 aliphatic heterocycles. The molecule has 0 heterocycles. The van der Waals surface area contributed by atoms with Gasteiger partial charge in [-0.15, -0.1) is 0 Å². The summed E-state index contributed by atoms with van der Waals surface area (Å²) < 4.78 is 5.34. The molecule has 19 heavy (non-hydrogen) atoms. The second-order valence-electron chi connectivity index (χ2n) is 4.72. The maximum absolute atomic E-state index is 11.5. The molecule has 5 nitrogen and oxygen atoms in total. The van der Waals surface area contributed by atoms with Crippen LogP contribution in [-0.4, -0.2) is 44.6 Å². The van der Waals surface area contributed by atoms with E-state index in [-0.39, 0.29) is 12.5 Å². The number of rotatable bonds is 8. The molecule has 0 aliphatic carbocycles. The van der Waals surface area contributed by atoms with Crippen molar-refractivity contribution in [2.24, 2.45) is 0 Å². The van der Waals surface area contributed by atoms with Gasteiger partial charge in [-0.1, -0.05) is 0 Å². The molecule has 3 N–H and O–H groups in total. The Morgan fingerprint density at radius 3 is 2.58 bits per heavy atom. The van der Waals surface area contributed by atoms with Gasteiger partial charge in [0.2, 0.25) is 0 Å². The van der Waals surface area contributed by atoms with E-state index in [1.54, 1.807) is 24.3 Å². The minimum atomic E-state index is -0.0957. The number of benzene rings is 1. The number of nitrogens with two attached hydrogens (primary N) is 1. The Bertz CT molecular complexity index is 377. The third-order valence-electron chi connectivity index (χ3n) is 2.60. The van der Waals surface area contributed by atoms with Crippen molar-refractivity contribution < 1.29 is 9.53 Å². The zero-order valence-corrected chi connectivity index (χ0v) is 11.7. The van der Waals surface area contributed by atoms with Crippen molar-refractivity contribution in [2.45, 2.75) is 12.8 Å². The van der Waals surface area contributed by atoms with E-state index in [1.165, 1.54) is 0 Å². The highest BCUT2D eigenvalue weighted by Crippen LogP contribution is 2.12. The van der Waals surface area contributed by atoms with E-state index in [4.69, 9.17) is 10.5 Å². The smallest absolute Gasteiger partial charge is 0.257 e. The van der Waals surface area contributed by atoms with Crippen LogP contribution >= 0.6 is 0 Å². The first-order valence-corrected chi connectivity index (χ1v) is 6.47. The second kappa shape index (κ2) is 8.37. The first kappa shape index (κ1) is 15.3. The van der Waals surface area contributed by atoms with Gasteiger partial charge < -0.3 is 20.7 Å². The van der Waals surface area contributed by atoms with Gasteiger partial charge in [-0.25, -0.2) is 0 Å². The van der Waals surface area contributed by atoms with Crippen molar-refractivity contribution in [1.29, 1.82) is 0 Å². The molecule has 0 bridgehead atoms. The largest absolute Gasteiger partial charge is 0.484 e. The lowest BCUT2D eigenvalue weighted by atomic mass is 10.3. The number of carbonyl (C=O) groups excluding carboxylic acids is 1. The monoisotopic (exact) mass is 265 g/mol. The Balaban J connectivity index is 2.09. The highest BCUT2D eigenvalue weighted by molar-refractivity contribution is 5.77. The minimum absolute atomic E-state index is 0.0393. The summed E-state index contributed by atoms with van der Waals surface area (Å²) >= 11 is 0. The van der Waals surface area contributed by atoms with Crippen molar-refractivity contribution in [3.63, 3.8) is 0 Å². The average molecular weight is 265 g/mol. The zero-order chi connectivity index (χ0) is 14.1. The van der Waals surface area contributed by atoms with E-state index in [9.17, 15) is 4.79 Å². The average Bonchev–Trinajstić information content (AvgIpc) is 2.37. The number of hydrogen-bond acceptors (Lipinski definition) is 4. The van der Waals surface area contributed by atoms with Crippen molar-refractivity contribution in [3.8, 4) is 5.75 Å². The molecule has 0 atom stereocenters. The van der Waals surface area contributed by atoms with Gasteiger partial charge in [0.25, 0.3) is 5.91 Å². The van der Waals surface area contributed by atoms with E-state index < -0.39 is 0 Å². The highest BCUT2D eigenvalue weighted by atomic mass is 16.5. The number of amides is 1. The number of nitrogen functional groups attached to an aromatic ring is 1. The zero-order valence-electron chi connectivity index (χ0n) is 11.7. The van der Waals surface area contributed by atoms with E-state index in [0.29, 0.717) is 18.0 Å². The number of ether oxygens (including phenoxy) is 1. The predicted octanol–water partition coefficient (Wildman–Crippen LogP) is 1.11. The summed E-state index contributed by atoms with van der Waals surface area (Å²) in [5, 5.41) is 2.83. The van der Waals surface area contributed by atoms with Crippen LogP contribution in [0.25, 0.3) is 0 Å². The molecule has 0 unspecified atom stereocenters. The summed E-state index contributed by atoms with van der Waals surface area (Å²) in [6.45, 7) is 1.77. The highest BCUT2D eigenvalue weighted by Gasteiger charge is 2.02. The number of carbonyl (C=O) groups is 1. The maximum atomic E-state index is 11.5. The maximum Gasteiger partial charge on any atom is 0.257 e. The first-order valence-electron chi connectivity index (χ1n) is 6.47. The van der Waals surface area contributed by atoms with Gasteiger partial charge in [-0.05, 0) is 57.7 Å². The fourth-order valence-corrected chi connectivity index (χ4v) is 1.54. The molecule has 1 aromatic carbocycles. The molecule has 106 valence electrons. The van der Waals surface area contributed by atoms with Crippen molar-refractivity contribution in [3.05, 3.63) is 24.3 Å². The van der Waals surface area contributed by atoms with Crippen LogP contribution in [0.4, 0.5) is 5.69 Å².